The molecule has 0 bridgehead atoms. The van der Waals surface area contributed by atoms with Crippen molar-refractivity contribution in [2.45, 2.75) is 12.3 Å². The van der Waals surface area contributed by atoms with Crippen LogP contribution in [0.5, 0.6) is 0 Å². The number of carbonyl (C=O) groups is 1. The zero-order valence-electron chi connectivity index (χ0n) is 9.72. The van der Waals surface area contributed by atoms with Crippen molar-refractivity contribution in [2.75, 3.05) is 11.9 Å². The molecular formula is C10H9F3N2O5. The minimum atomic E-state index is -4.93. The second-order valence-corrected chi connectivity index (χ2v) is 3.72. The standard InChI is InChI=1S/C10H9F3N2O5/c11-10(12,13)6-3-5(1-2-7(6)15(19)20)14-4-8(16)9(17)18/h1-3,8,14,16H,4H2,(H,17,18). The smallest absolute Gasteiger partial charge is 0.423 e. The van der Waals surface area contributed by atoms with Crippen LogP contribution in [-0.2, 0) is 11.0 Å². The summed E-state index contributed by atoms with van der Waals surface area (Å²) in [6, 6.07) is 2.12. The van der Waals surface area contributed by atoms with Crippen LogP contribution in [0, 0.1) is 10.1 Å². The van der Waals surface area contributed by atoms with E-state index in [0.717, 1.165) is 6.07 Å². The van der Waals surface area contributed by atoms with Crippen LogP contribution in [0.1, 0.15) is 5.56 Å². The lowest BCUT2D eigenvalue weighted by atomic mass is 10.1. The fourth-order valence-electron chi connectivity index (χ4n) is 1.33. The first-order valence-electron chi connectivity index (χ1n) is 5.13. The van der Waals surface area contributed by atoms with Crippen molar-refractivity contribution in [2.24, 2.45) is 0 Å². The maximum atomic E-state index is 12.6. The van der Waals surface area contributed by atoms with Crippen LogP contribution < -0.4 is 5.32 Å². The molecule has 0 amide bonds. The summed E-state index contributed by atoms with van der Waals surface area (Å²) in [6.07, 6.45) is -6.73. The summed E-state index contributed by atoms with van der Waals surface area (Å²) in [5.74, 6) is -1.55. The van der Waals surface area contributed by atoms with E-state index in [1.54, 1.807) is 0 Å². The van der Waals surface area contributed by atoms with Gasteiger partial charge in [-0.2, -0.15) is 13.2 Å². The summed E-state index contributed by atoms with van der Waals surface area (Å²) < 4.78 is 37.9. The number of hydrogen-bond acceptors (Lipinski definition) is 5. The molecule has 0 heterocycles. The highest BCUT2D eigenvalue weighted by molar-refractivity contribution is 5.72. The number of benzene rings is 1. The fraction of sp³-hybridized carbons (Fsp3) is 0.300. The Balaban J connectivity index is 3.02. The summed E-state index contributed by atoms with van der Waals surface area (Å²) in [6.45, 7) is -0.537. The maximum Gasteiger partial charge on any atom is 0.423 e. The van der Waals surface area contributed by atoms with Crippen molar-refractivity contribution < 1.29 is 33.1 Å². The molecule has 0 fully saturated rings. The number of nitro benzene ring substituents is 1. The van der Waals surface area contributed by atoms with Gasteiger partial charge in [0.1, 0.15) is 5.56 Å². The van der Waals surface area contributed by atoms with Gasteiger partial charge in [0.25, 0.3) is 5.69 Å². The summed E-state index contributed by atoms with van der Waals surface area (Å²) >= 11 is 0. The Hall–Kier alpha value is -2.36. The highest BCUT2D eigenvalue weighted by Crippen LogP contribution is 2.37. The zero-order valence-corrected chi connectivity index (χ0v) is 9.72. The number of nitrogens with zero attached hydrogens (tertiary/aromatic N) is 1. The molecule has 0 aromatic heterocycles. The van der Waals surface area contributed by atoms with Crippen LogP contribution in [0.25, 0.3) is 0 Å². The van der Waals surface area contributed by atoms with E-state index >= 15 is 0 Å². The molecule has 1 atom stereocenters. The van der Waals surface area contributed by atoms with Crippen molar-refractivity contribution in [3.63, 3.8) is 0 Å². The van der Waals surface area contributed by atoms with E-state index < -0.39 is 41.0 Å². The molecule has 110 valence electrons. The lowest BCUT2D eigenvalue weighted by molar-refractivity contribution is -0.388. The van der Waals surface area contributed by atoms with Gasteiger partial charge in [-0.3, -0.25) is 10.1 Å². The van der Waals surface area contributed by atoms with Gasteiger partial charge in [-0.15, -0.1) is 0 Å². The minimum absolute atomic E-state index is 0.191. The SMILES string of the molecule is O=C(O)C(O)CNc1ccc([N+](=O)[O-])c(C(F)(F)F)c1. The van der Waals surface area contributed by atoms with Gasteiger partial charge in [-0.05, 0) is 12.1 Å². The van der Waals surface area contributed by atoms with Crippen molar-refractivity contribution in [1.82, 2.24) is 0 Å². The predicted octanol–water partition coefficient (Wildman–Crippen LogP) is 1.47. The number of carboxylic acids is 1. The number of rotatable bonds is 5. The van der Waals surface area contributed by atoms with Gasteiger partial charge in [0.15, 0.2) is 6.10 Å². The van der Waals surface area contributed by atoms with E-state index in [0.29, 0.717) is 12.1 Å². The molecule has 1 unspecified atom stereocenters. The third-order valence-electron chi connectivity index (χ3n) is 2.28. The number of carboxylic acid groups (broad SMARTS) is 1. The topological polar surface area (TPSA) is 113 Å². The number of aliphatic hydroxyl groups excluding tert-OH is 1. The molecule has 0 aliphatic heterocycles. The molecule has 1 aromatic carbocycles. The number of anilines is 1. The Labute approximate surface area is 109 Å². The van der Waals surface area contributed by atoms with Gasteiger partial charge in [-0.1, -0.05) is 0 Å². The molecule has 1 aromatic rings. The third-order valence-corrected chi connectivity index (χ3v) is 2.28. The van der Waals surface area contributed by atoms with E-state index in [1.165, 1.54) is 0 Å². The number of halogens is 3. The van der Waals surface area contributed by atoms with E-state index in [2.05, 4.69) is 5.32 Å². The summed E-state index contributed by atoms with van der Waals surface area (Å²) in [5, 5.41) is 30.1. The first kappa shape index (κ1) is 15.7. The third kappa shape index (κ3) is 3.82. The van der Waals surface area contributed by atoms with E-state index in [1.807, 2.05) is 0 Å². The summed E-state index contributed by atoms with van der Waals surface area (Å²) in [5.41, 5.74) is -2.76. The highest BCUT2D eigenvalue weighted by Gasteiger charge is 2.38. The number of aliphatic carboxylic acids is 1. The van der Waals surface area contributed by atoms with E-state index in [9.17, 15) is 28.1 Å². The fourth-order valence-corrected chi connectivity index (χ4v) is 1.33. The molecule has 20 heavy (non-hydrogen) atoms. The zero-order chi connectivity index (χ0) is 15.5. The molecule has 0 radical (unpaired) electrons. The monoisotopic (exact) mass is 294 g/mol. The van der Waals surface area contributed by atoms with Crippen molar-refractivity contribution in [1.29, 1.82) is 0 Å². The van der Waals surface area contributed by atoms with Gasteiger partial charge in [0, 0.05) is 11.8 Å². The molecular weight excluding hydrogens is 285 g/mol. The molecule has 0 saturated carbocycles. The number of aliphatic hydroxyl groups is 1. The van der Waals surface area contributed by atoms with Gasteiger partial charge in [0.05, 0.1) is 11.5 Å². The lowest BCUT2D eigenvalue weighted by Gasteiger charge is -2.12. The molecule has 0 saturated heterocycles. The average molecular weight is 294 g/mol. The van der Waals surface area contributed by atoms with Gasteiger partial charge in [-0.25, -0.2) is 4.79 Å². The number of nitro groups is 1. The maximum absolute atomic E-state index is 12.6. The number of alkyl halides is 3. The van der Waals surface area contributed by atoms with Gasteiger partial charge >= 0.3 is 12.1 Å². The molecule has 0 spiro atoms. The first-order chi connectivity index (χ1) is 9.12. The van der Waals surface area contributed by atoms with Crippen LogP contribution in [0.4, 0.5) is 24.5 Å². The Bertz CT molecular complexity index is 532. The summed E-state index contributed by atoms with van der Waals surface area (Å²) in [7, 11) is 0. The average Bonchev–Trinajstić information content (AvgIpc) is 2.34. The lowest BCUT2D eigenvalue weighted by Crippen LogP contribution is -2.28. The van der Waals surface area contributed by atoms with Gasteiger partial charge in [0.2, 0.25) is 0 Å². The van der Waals surface area contributed by atoms with E-state index in [4.69, 9.17) is 10.2 Å². The molecule has 7 nitrogen and oxygen atoms in total. The Morgan fingerprint density at radius 1 is 1.45 bits per heavy atom. The normalized spacial score (nSPS) is 12.8. The number of nitrogens with one attached hydrogen (secondary N) is 1. The Morgan fingerprint density at radius 2 is 2.05 bits per heavy atom. The molecule has 3 N–H and O–H groups in total. The van der Waals surface area contributed by atoms with Gasteiger partial charge < -0.3 is 15.5 Å². The highest BCUT2D eigenvalue weighted by atomic mass is 19.4. The quantitative estimate of drug-likeness (QED) is 0.560. The minimum Gasteiger partial charge on any atom is -0.479 e. The predicted molar refractivity (Wildman–Crippen MR) is 60.2 cm³/mol. The van der Waals surface area contributed by atoms with Crippen LogP contribution in [0.15, 0.2) is 18.2 Å². The van der Waals surface area contributed by atoms with Crippen LogP contribution >= 0.6 is 0 Å². The van der Waals surface area contributed by atoms with Crippen molar-refractivity contribution >= 4 is 17.3 Å². The molecule has 10 heteroatoms. The second-order valence-electron chi connectivity index (χ2n) is 3.72. The summed E-state index contributed by atoms with van der Waals surface area (Å²) in [4.78, 5) is 19.7. The molecule has 0 aliphatic carbocycles. The molecule has 0 aliphatic rings. The van der Waals surface area contributed by atoms with Crippen molar-refractivity contribution in [3.05, 3.63) is 33.9 Å². The Kier molecular flexibility index (Phi) is 4.50. The van der Waals surface area contributed by atoms with Crippen LogP contribution in [0.2, 0.25) is 0 Å². The van der Waals surface area contributed by atoms with Crippen LogP contribution in [0.3, 0.4) is 0 Å². The molecule has 1 rings (SSSR count). The largest absolute Gasteiger partial charge is 0.479 e. The number of hydrogen-bond donors (Lipinski definition) is 3. The van der Waals surface area contributed by atoms with Crippen LogP contribution in [-0.4, -0.2) is 33.8 Å². The second kappa shape index (κ2) is 5.74. The Morgan fingerprint density at radius 3 is 2.50 bits per heavy atom. The van der Waals surface area contributed by atoms with Crippen molar-refractivity contribution in [3.8, 4) is 0 Å². The first-order valence-corrected chi connectivity index (χ1v) is 5.13. The van der Waals surface area contributed by atoms with E-state index in [-0.39, 0.29) is 5.69 Å².